The van der Waals surface area contributed by atoms with Crippen molar-refractivity contribution >= 4 is 33.0 Å². The first-order valence-electron chi connectivity index (χ1n) is 5.51. The quantitative estimate of drug-likeness (QED) is 0.905. The number of benzene rings is 1. The Morgan fingerprint density at radius 3 is 2.61 bits per heavy atom. The van der Waals surface area contributed by atoms with Gasteiger partial charge in [-0.3, -0.25) is 4.79 Å². The zero-order valence-corrected chi connectivity index (χ0v) is 11.9. The lowest BCUT2D eigenvalue weighted by Crippen LogP contribution is -2.13. The first-order valence-corrected chi connectivity index (χ1v) is 7.95. The summed E-state index contributed by atoms with van der Waals surface area (Å²) in [6.07, 6.45) is 1.66. The molecule has 0 spiro atoms. The standard InChI is InChI=1S/C12H16ClNO3S/c1-9-5-6-10(8-11(9)13)14-12(15)4-3-7-18(2,16)17/h5-6,8H,3-4,7H2,1-2H3,(H,14,15). The number of nitrogens with one attached hydrogen (secondary N) is 1. The molecule has 0 aliphatic carbocycles. The predicted octanol–water partition coefficient (Wildman–Crippen LogP) is 2.41. The number of hydrogen-bond acceptors (Lipinski definition) is 3. The van der Waals surface area contributed by atoms with E-state index >= 15 is 0 Å². The molecular weight excluding hydrogens is 274 g/mol. The molecule has 1 aromatic rings. The topological polar surface area (TPSA) is 63.2 Å². The van der Waals surface area contributed by atoms with Crippen molar-refractivity contribution in [2.24, 2.45) is 0 Å². The molecule has 6 heteroatoms. The van der Waals surface area contributed by atoms with Crippen molar-refractivity contribution in [1.82, 2.24) is 0 Å². The van der Waals surface area contributed by atoms with Crippen LogP contribution in [0.25, 0.3) is 0 Å². The second-order valence-corrected chi connectivity index (χ2v) is 6.91. The molecule has 0 aliphatic rings. The molecule has 1 rings (SSSR count). The Hall–Kier alpha value is -1.07. The molecule has 0 atom stereocenters. The van der Waals surface area contributed by atoms with Crippen LogP contribution in [0.4, 0.5) is 5.69 Å². The number of hydrogen-bond donors (Lipinski definition) is 1. The number of amides is 1. The van der Waals surface area contributed by atoms with Gasteiger partial charge in [0, 0.05) is 23.4 Å². The van der Waals surface area contributed by atoms with Gasteiger partial charge in [0.05, 0.1) is 5.75 Å². The van der Waals surface area contributed by atoms with E-state index in [4.69, 9.17) is 11.6 Å². The summed E-state index contributed by atoms with van der Waals surface area (Å²) in [6, 6.07) is 5.25. The monoisotopic (exact) mass is 289 g/mol. The third kappa shape index (κ3) is 5.51. The van der Waals surface area contributed by atoms with Gasteiger partial charge in [0.15, 0.2) is 0 Å². The van der Waals surface area contributed by atoms with Crippen molar-refractivity contribution in [3.63, 3.8) is 0 Å². The maximum atomic E-state index is 11.5. The largest absolute Gasteiger partial charge is 0.326 e. The first kappa shape index (κ1) is 15.0. The van der Waals surface area contributed by atoms with Crippen molar-refractivity contribution in [1.29, 1.82) is 0 Å². The van der Waals surface area contributed by atoms with Gasteiger partial charge in [0.25, 0.3) is 0 Å². The van der Waals surface area contributed by atoms with E-state index < -0.39 is 9.84 Å². The van der Waals surface area contributed by atoms with Gasteiger partial charge in [-0.05, 0) is 31.0 Å². The average Bonchev–Trinajstić information content (AvgIpc) is 2.21. The Balaban J connectivity index is 2.47. The summed E-state index contributed by atoms with van der Waals surface area (Å²) in [4.78, 5) is 11.5. The van der Waals surface area contributed by atoms with Gasteiger partial charge in [0.1, 0.15) is 9.84 Å². The van der Waals surface area contributed by atoms with Crippen LogP contribution < -0.4 is 5.32 Å². The number of aryl methyl sites for hydroxylation is 1. The molecule has 0 aliphatic heterocycles. The van der Waals surface area contributed by atoms with E-state index in [0.29, 0.717) is 17.1 Å². The summed E-state index contributed by atoms with van der Waals surface area (Å²) in [5.41, 5.74) is 1.56. The van der Waals surface area contributed by atoms with E-state index in [-0.39, 0.29) is 18.1 Å². The lowest BCUT2D eigenvalue weighted by molar-refractivity contribution is -0.116. The lowest BCUT2D eigenvalue weighted by atomic mass is 10.2. The highest BCUT2D eigenvalue weighted by molar-refractivity contribution is 7.90. The predicted molar refractivity (Wildman–Crippen MR) is 73.8 cm³/mol. The highest BCUT2D eigenvalue weighted by Gasteiger charge is 2.07. The molecule has 0 aromatic heterocycles. The molecule has 0 radical (unpaired) electrons. The van der Waals surface area contributed by atoms with Crippen molar-refractivity contribution in [2.45, 2.75) is 19.8 Å². The SMILES string of the molecule is Cc1ccc(NC(=O)CCCS(C)(=O)=O)cc1Cl. The number of carbonyl (C=O) groups excluding carboxylic acids is 1. The number of rotatable bonds is 5. The van der Waals surface area contributed by atoms with Gasteiger partial charge in [0.2, 0.25) is 5.91 Å². The molecule has 100 valence electrons. The van der Waals surface area contributed by atoms with E-state index in [9.17, 15) is 13.2 Å². The van der Waals surface area contributed by atoms with Crippen LogP contribution in [0.15, 0.2) is 18.2 Å². The zero-order chi connectivity index (χ0) is 13.8. The fourth-order valence-electron chi connectivity index (χ4n) is 1.39. The Bertz CT molecular complexity index is 540. The summed E-state index contributed by atoms with van der Waals surface area (Å²) < 4.78 is 21.8. The Kier molecular flexibility index (Phi) is 5.16. The molecule has 0 heterocycles. The summed E-state index contributed by atoms with van der Waals surface area (Å²) in [6.45, 7) is 1.88. The molecule has 0 saturated carbocycles. The number of halogens is 1. The molecule has 1 N–H and O–H groups in total. The van der Waals surface area contributed by atoms with Gasteiger partial charge in [-0.25, -0.2) is 8.42 Å². The van der Waals surface area contributed by atoms with Crippen LogP contribution in [-0.4, -0.2) is 26.3 Å². The first-order chi connectivity index (χ1) is 8.28. The molecule has 1 amide bonds. The molecule has 0 saturated heterocycles. The molecule has 0 unspecified atom stereocenters. The van der Waals surface area contributed by atoms with Crippen molar-refractivity contribution in [3.05, 3.63) is 28.8 Å². The minimum Gasteiger partial charge on any atom is -0.326 e. The summed E-state index contributed by atoms with van der Waals surface area (Å²) >= 11 is 5.93. The smallest absolute Gasteiger partial charge is 0.224 e. The van der Waals surface area contributed by atoms with E-state index in [0.717, 1.165) is 11.8 Å². The molecule has 18 heavy (non-hydrogen) atoms. The minimum atomic E-state index is -3.01. The van der Waals surface area contributed by atoms with Gasteiger partial charge >= 0.3 is 0 Å². The van der Waals surface area contributed by atoms with Gasteiger partial charge in [-0.2, -0.15) is 0 Å². The number of anilines is 1. The van der Waals surface area contributed by atoms with Crippen molar-refractivity contribution < 1.29 is 13.2 Å². The molecule has 1 aromatic carbocycles. The van der Waals surface area contributed by atoms with Gasteiger partial charge in [-0.15, -0.1) is 0 Å². The van der Waals surface area contributed by atoms with Gasteiger partial charge < -0.3 is 5.32 Å². The maximum absolute atomic E-state index is 11.5. The van der Waals surface area contributed by atoms with Crippen LogP contribution in [0.5, 0.6) is 0 Å². The van der Waals surface area contributed by atoms with E-state index in [1.807, 2.05) is 13.0 Å². The normalized spacial score (nSPS) is 11.3. The number of sulfone groups is 1. The highest BCUT2D eigenvalue weighted by Crippen LogP contribution is 2.20. The molecule has 0 bridgehead atoms. The van der Waals surface area contributed by atoms with Crippen LogP contribution in [0, 0.1) is 6.92 Å². The maximum Gasteiger partial charge on any atom is 0.224 e. The average molecular weight is 290 g/mol. The lowest BCUT2D eigenvalue weighted by Gasteiger charge is -2.06. The fraction of sp³-hybridized carbons (Fsp3) is 0.417. The summed E-state index contributed by atoms with van der Waals surface area (Å²) in [7, 11) is -3.01. The zero-order valence-electron chi connectivity index (χ0n) is 10.4. The second kappa shape index (κ2) is 6.20. The molecule has 4 nitrogen and oxygen atoms in total. The van der Waals surface area contributed by atoms with Crippen molar-refractivity contribution in [3.8, 4) is 0 Å². The third-order valence-corrected chi connectivity index (χ3v) is 3.81. The van der Waals surface area contributed by atoms with Gasteiger partial charge in [-0.1, -0.05) is 17.7 Å². The highest BCUT2D eigenvalue weighted by atomic mass is 35.5. The van der Waals surface area contributed by atoms with Crippen LogP contribution in [0.2, 0.25) is 5.02 Å². The van der Waals surface area contributed by atoms with Crippen LogP contribution in [-0.2, 0) is 14.6 Å². The Morgan fingerprint density at radius 1 is 1.39 bits per heavy atom. The molecular formula is C12H16ClNO3S. The van der Waals surface area contributed by atoms with Crippen LogP contribution in [0.3, 0.4) is 0 Å². The van der Waals surface area contributed by atoms with E-state index in [1.165, 1.54) is 0 Å². The second-order valence-electron chi connectivity index (χ2n) is 4.25. The van der Waals surface area contributed by atoms with E-state index in [1.54, 1.807) is 12.1 Å². The molecule has 0 fully saturated rings. The minimum absolute atomic E-state index is 0.0229. The summed E-state index contributed by atoms with van der Waals surface area (Å²) in [5.74, 6) is -0.187. The van der Waals surface area contributed by atoms with Crippen LogP contribution >= 0.6 is 11.6 Å². The number of carbonyl (C=O) groups is 1. The summed E-state index contributed by atoms with van der Waals surface area (Å²) in [5, 5.41) is 3.26. The van der Waals surface area contributed by atoms with E-state index in [2.05, 4.69) is 5.32 Å². The van der Waals surface area contributed by atoms with Crippen molar-refractivity contribution in [2.75, 3.05) is 17.3 Å². The Labute approximate surface area is 112 Å². The fourth-order valence-corrected chi connectivity index (χ4v) is 2.24. The Morgan fingerprint density at radius 2 is 2.06 bits per heavy atom. The van der Waals surface area contributed by atoms with Crippen LogP contribution in [0.1, 0.15) is 18.4 Å². The third-order valence-electron chi connectivity index (χ3n) is 2.37.